The normalized spacial score (nSPS) is 11.3. The van der Waals surface area contributed by atoms with Crippen LogP contribution in [-0.4, -0.2) is 39.4 Å². The van der Waals surface area contributed by atoms with Crippen LogP contribution >= 0.6 is 26.9 Å². The molecule has 0 saturated carbocycles. The molecule has 2 aromatic carbocycles. The van der Waals surface area contributed by atoms with Gasteiger partial charge in [0.05, 0.1) is 0 Å². The van der Waals surface area contributed by atoms with E-state index in [9.17, 15) is 9.13 Å². The Morgan fingerprint density at radius 3 is 1.69 bits per heavy atom. The van der Waals surface area contributed by atoms with Crippen LogP contribution in [0.5, 0.6) is 11.5 Å². The third-order valence-corrected chi connectivity index (χ3v) is 4.67. The Hall–Kier alpha value is -1.15. The number of rotatable bonds is 6. The van der Waals surface area contributed by atoms with Crippen LogP contribution in [0.15, 0.2) is 53.4 Å². The molecule has 2 aromatic rings. The lowest BCUT2D eigenvalue weighted by Crippen LogP contribution is -1.96. The SMILES string of the molecule is CP(C)(=O)COc1cccc(S)c1.Cc1cccc(OCP(C)(C)=O)c1. The van der Waals surface area contributed by atoms with Crippen molar-refractivity contribution in [2.75, 3.05) is 39.4 Å². The van der Waals surface area contributed by atoms with E-state index < -0.39 is 14.3 Å². The van der Waals surface area contributed by atoms with Crippen molar-refractivity contribution in [2.24, 2.45) is 0 Å². The predicted molar refractivity (Wildman–Crippen MR) is 115 cm³/mol. The molecule has 0 aliphatic rings. The fourth-order valence-corrected chi connectivity index (χ4v) is 2.87. The number of ether oxygens (including phenoxy) is 2. The van der Waals surface area contributed by atoms with Gasteiger partial charge >= 0.3 is 0 Å². The fourth-order valence-electron chi connectivity index (χ4n) is 1.74. The van der Waals surface area contributed by atoms with Crippen molar-refractivity contribution in [3.8, 4) is 11.5 Å². The topological polar surface area (TPSA) is 52.6 Å². The lowest BCUT2D eigenvalue weighted by Gasteiger charge is -2.09. The fraction of sp³-hybridized carbons (Fsp3) is 0.368. The molecule has 26 heavy (non-hydrogen) atoms. The highest BCUT2D eigenvalue weighted by molar-refractivity contribution is 7.80. The first-order valence-electron chi connectivity index (χ1n) is 8.14. The van der Waals surface area contributed by atoms with Crippen molar-refractivity contribution >= 4 is 26.9 Å². The number of aryl methyl sites for hydroxylation is 1. The van der Waals surface area contributed by atoms with E-state index in [1.165, 1.54) is 0 Å². The van der Waals surface area contributed by atoms with Crippen LogP contribution in [0.3, 0.4) is 0 Å². The maximum absolute atomic E-state index is 11.3. The molecule has 0 bridgehead atoms. The van der Waals surface area contributed by atoms with Crippen molar-refractivity contribution in [2.45, 2.75) is 11.8 Å². The molecule has 0 aliphatic carbocycles. The number of thiol groups is 1. The van der Waals surface area contributed by atoms with Crippen molar-refractivity contribution in [1.29, 1.82) is 0 Å². The highest BCUT2D eigenvalue weighted by Crippen LogP contribution is 2.36. The summed E-state index contributed by atoms with van der Waals surface area (Å²) in [5.74, 6) is 1.51. The molecule has 144 valence electrons. The molecule has 7 heteroatoms. The van der Waals surface area contributed by atoms with Crippen molar-refractivity contribution in [3.05, 3.63) is 54.1 Å². The minimum absolute atomic E-state index is 0.282. The summed E-state index contributed by atoms with van der Waals surface area (Å²) >= 11 is 4.17. The van der Waals surface area contributed by atoms with E-state index in [2.05, 4.69) is 12.6 Å². The smallest absolute Gasteiger partial charge is 0.140 e. The largest absolute Gasteiger partial charge is 0.486 e. The van der Waals surface area contributed by atoms with Gasteiger partial charge in [-0.3, -0.25) is 0 Å². The Bertz CT molecular complexity index is 728. The maximum atomic E-state index is 11.3. The van der Waals surface area contributed by atoms with Gasteiger partial charge in [-0.2, -0.15) is 0 Å². The highest BCUT2D eigenvalue weighted by atomic mass is 32.1. The van der Waals surface area contributed by atoms with Crippen molar-refractivity contribution in [3.63, 3.8) is 0 Å². The Morgan fingerprint density at radius 2 is 1.27 bits per heavy atom. The predicted octanol–water partition coefficient (Wildman–Crippen LogP) is 5.89. The van der Waals surface area contributed by atoms with Gasteiger partial charge in [-0.05, 0) is 69.5 Å². The van der Waals surface area contributed by atoms with Gasteiger partial charge < -0.3 is 18.6 Å². The monoisotopic (exact) mass is 414 g/mol. The van der Waals surface area contributed by atoms with Gasteiger partial charge in [-0.15, -0.1) is 12.6 Å². The number of benzene rings is 2. The summed E-state index contributed by atoms with van der Waals surface area (Å²) < 4.78 is 33.4. The molecule has 0 unspecified atom stereocenters. The number of hydrogen-bond acceptors (Lipinski definition) is 5. The van der Waals surface area contributed by atoms with E-state index >= 15 is 0 Å². The molecule has 0 atom stereocenters. The highest BCUT2D eigenvalue weighted by Gasteiger charge is 2.08. The van der Waals surface area contributed by atoms with Crippen LogP contribution in [0.1, 0.15) is 5.56 Å². The van der Waals surface area contributed by atoms with E-state index in [1.807, 2.05) is 49.4 Å². The maximum Gasteiger partial charge on any atom is 0.140 e. The first-order chi connectivity index (χ1) is 11.9. The molecule has 0 aliphatic heterocycles. The molecular formula is C19H28O4P2S. The molecule has 2 rings (SSSR count). The van der Waals surface area contributed by atoms with Crippen LogP contribution in [0, 0.1) is 6.92 Å². The molecule has 0 heterocycles. The standard InChI is InChI=1S/C10H15O2P.C9H13O2PS/c1-9-5-4-6-10(7-9)12-8-13(2,3)11;1-12(2,10)7-11-8-4-3-5-9(13)6-8/h4-7H,8H2,1-3H3;3-6,13H,7H2,1-2H3. The van der Waals surface area contributed by atoms with Crippen LogP contribution in [0.4, 0.5) is 0 Å². The Kier molecular flexibility index (Phi) is 9.03. The molecule has 4 nitrogen and oxygen atoms in total. The van der Waals surface area contributed by atoms with E-state index in [1.54, 1.807) is 32.7 Å². The summed E-state index contributed by atoms with van der Waals surface area (Å²) in [4.78, 5) is 0.847. The van der Waals surface area contributed by atoms with E-state index in [4.69, 9.17) is 9.47 Å². The molecular weight excluding hydrogens is 386 g/mol. The van der Waals surface area contributed by atoms with Crippen molar-refractivity contribution < 1.29 is 18.6 Å². The van der Waals surface area contributed by atoms with Gasteiger partial charge in [0.25, 0.3) is 0 Å². The van der Waals surface area contributed by atoms with Crippen LogP contribution in [-0.2, 0) is 9.13 Å². The molecule has 0 amide bonds. The Balaban J connectivity index is 0.000000260. The van der Waals surface area contributed by atoms with Gasteiger partial charge in [0, 0.05) is 4.90 Å². The summed E-state index contributed by atoms with van der Waals surface area (Å²) in [6, 6.07) is 15.1. The second-order valence-corrected chi connectivity index (χ2v) is 14.3. The van der Waals surface area contributed by atoms with Gasteiger partial charge in [0.1, 0.15) is 38.5 Å². The molecule has 0 saturated heterocycles. The molecule has 0 fully saturated rings. The molecule has 0 N–H and O–H groups in total. The average Bonchev–Trinajstić information content (AvgIpc) is 2.51. The molecule has 0 radical (unpaired) electrons. The van der Waals surface area contributed by atoms with Gasteiger partial charge in [-0.1, -0.05) is 18.2 Å². The summed E-state index contributed by atoms with van der Waals surface area (Å²) in [7, 11) is -4.16. The third kappa shape index (κ3) is 11.5. The summed E-state index contributed by atoms with van der Waals surface area (Å²) in [6.07, 6.45) is 0.598. The zero-order valence-electron chi connectivity index (χ0n) is 16.0. The molecule has 0 spiro atoms. The zero-order valence-corrected chi connectivity index (χ0v) is 18.7. The Labute approximate surface area is 162 Å². The van der Waals surface area contributed by atoms with Crippen molar-refractivity contribution in [1.82, 2.24) is 0 Å². The van der Waals surface area contributed by atoms with Crippen LogP contribution < -0.4 is 9.47 Å². The third-order valence-electron chi connectivity index (χ3n) is 2.89. The summed E-state index contributed by atoms with van der Waals surface area (Å²) in [5.41, 5.74) is 1.15. The quantitative estimate of drug-likeness (QED) is 0.473. The minimum Gasteiger partial charge on any atom is -0.486 e. The average molecular weight is 414 g/mol. The second kappa shape index (κ2) is 10.3. The summed E-state index contributed by atoms with van der Waals surface area (Å²) in [5, 5.41) is 0. The van der Waals surface area contributed by atoms with Gasteiger partial charge in [-0.25, -0.2) is 0 Å². The van der Waals surface area contributed by atoms with E-state index in [-0.39, 0.29) is 6.35 Å². The molecule has 0 aromatic heterocycles. The lowest BCUT2D eigenvalue weighted by atomic mass is 10.2. The lowest BCUT2D eigenvalue weighted by molar-refractivity contribution is 0.377. The van der Waals surface area contributed by atoms with Crippen LogP contribution in [0.2, 0.25) is 0 Å². The minimum atomic E-state index is -2.09. The van der Waals surface area contributed by atoms with E-state index in [0.29, 0.717) is 6.35 Å². The first kappa shape index (κ1) is 22.9. The second-order valence-electron chi connectivity index (χ2n) is 7.01. The van der Waals surface area contributed by atoms with E-state index in [0.717, 1.165) is 22.0 Å². The summed E-state index contributed by atoms with van der Waals surface area (Å²) in [6.45, 7) is 8.87. The first-order valence-corrected chi connectivity index (χ1v) is 14.2. The van der Waals surface area contributed by atoms with Gasteiger partial charge in [0.2, 0.25) is 0 Å². The zero-order chi connectivity index (χ0) is 19.8. The van der Waals surface area contributed by atoms with Gasteiger partial charge in [0.15, 0.2) is 0 Å². The van der Waals surface area contributed by atoms with Crippen LogP contribution in [0.25, 0.3) is 0 Å². The number of hydrogen-bond donors (Lipinski definition) is 1. The Morgan fingerprint density at radius 1 is 0.808 bits per heavy atom.